The Labute approximate surface area is 112 Å². The molecule has 0 radical (unpaired) electrons. The Morgan fingerprint density at radius 1 is 1.42 bits per heavy atom. The molecule has 3 rings (SSSR count). The van der Waals surface area contributed by atoms with E-state index in [1.54, 1.807) is 6.20 Å². The first kappa shape index (κ1) is 12.8. The third-order valence-corrected chi connectivity index (χ3v) is 3.84. The van der Waals surface area contributed by atoms with E-state index in [0.29, 0.717) is 38.5 Å². The van der Waals surface area contributed by atoms with Gasteiger partial charge in [-0.2, -0.15) is 0 Å². The van der Waals surface area contributed by atoms with Crippen molar-refractivity contribution in [3.05, 3.63) is 23.9 Å². The van der Waals surface area contributed by atoms with Crippen molar-refractivity contribution in [3.63, 3.8) is 0 Å². The molecule has 1 aromatic rings. The molecule has 0 spiro atoms. The predicted molar refractivity (Wildman–Crippen MR) is 70.1 cm³/mol. The number of ether oxygens (including phenoxy) is 2. The Morgan fingerprint density at radius 3 is 2.74 bits per heavy atom. The molecule has 0 saturated carbocycles. The minimum absolute atomic E-state index is 0.226. The summed E-state index contributed by atoms with van der Waals surface area (Å²) in [5.41, 5.74) is 0.0663. The maximum Gasteiger partial charge on any atom is 0.213 e. The van der Waals surface area contributed by atoms with E-state index < -0.39 is 5.60 Å². The first-order valence-corrected chi connectivity index (χ1v) is 6.85. The van der Waals surface area contributed by atoms with E-state index in [-0.39, 0.29) is 12.1 Å². The fourth-order valence-corrected chi connectivity index (χ4v) is 3.04. The number of fused-ring (bicyclic) bond motifs is 2. The number of nitrogens with one attached hydrogen (secondary N) is 1. The average molecular weight is 264 g/mol. The van der Waals surface area contributed by atoms with Crippen molar-refractivity contribution in [1.29, 1.82) is 0 Å². The average Bonchev–Trinajstić information content (AvgIpc) is 2.39. The fourth-order valence-electron chi connectivity index (χ4n) is 3.04. The zero-order chi connectivity index (χ0) is 13.3. The molecule has 2 fully saturated rings. The highest BCUT2D eigenvalue weighted by Gasteiger charge is 2.42. The molecule has 19 heavy (non-hydrogen) atoms. The number of aromatic nitrogens is 1. The largest absolute Gasteiger partial charge is 0.478 e. The molecule has 2 aliphatic heterocycles. The summed E-state index contributed by atoms with van der Waals surface area (Å²) in [5, 5.41) is 14.4. The summed E-state index contributed by atoms with van der Waals surface area (Å²) in [6, 6.07) is 4.19. The van der Waals surface area contributed by atoms with Crippen LogP contribution in [0.15, 0.2) is 18.3 Å². The van der Waals surface area contributed by atoms with E-state index in [1.165, 1.54) is 0 Å². The van der Waals surface area contributed by atoms with E-state index in [2.05, 4.69) is 10.3 Å². The van der Waals surface area contributed by atoms with E-state index >= 15 is 0 Å². The minimum Gasteiger partial charge on any atom is -0.478 e. The maximum atomic E-state index is 10.9. The van der Waals surface area contributed by atoms with Crippen LogP contribution in [0.2, 0.25) is 0 Å². The first-order valence-electron chi connectivity index (χ1n) is 6.85. The zero-order valence-corrected chi connectivity index (χ0v) is 11.1. The van der Waals surface area contributed by atoms with E-state index in [4.69, 9.17) is 9.47 Å². The highest BCUT2D eigenvalue weighted by Crippen LogP contribution is 2.36. The normalized spacial score (nSPS) is 34.0. The molecule has 0 amide bonds. The smallest absolute Gasteiger partial charge is 0.213 e. The van der Waals surface area contributed by atoms with Gasteiger partial charge in [-0.15, -0.1) is 0 Å². The van der Waals surface area contributed by atoms with Crippen LogP contribution < -0.4 is 10.1 Å². The lowest BCUT2D eigenvalue weighted by Crippen LogP contribution is -2.58. The lowest BCUT2D eigenvalue weighted by Gasteiger charge is -2.45. The highest BCUT2D eigenvalue weighted by molar-refractivity contribution is 5.25. The van der Waals surface area contributed by atoms with Gasteiger partial charge in [0.25, 0.3) is 0 Å². The third kappa shape index (κ3) is 2.59. The summed E-state index contributed by atoms with van der Waals surface area (Å²) in [4.78, 5) is 4.25. The standard InChI is InChI=1S/C14H20N2O3/c1-2-19-13-4-3-10(7-15-13)14(17)5-11-8-18-9-12(6-14)16-11/h3-4,7,11-12,16-17H,2,5-6,8-9H2,1H3. The van der Waals surface area contributed by atoms with Gasteiger partial charge in [0.1, 0.15) is 0 Å². The van der Waals surface area contributed by atoms with Crippen LogP contribution in [-0.4, -0.2) is 42.0 Å². The Morgan fingerprint density at radius 2 is 2.16 bits per heavy atom. The summed E-state index contributed by atoms with van der Waals surface area (Å²) >= 11 is 0. The Bertz CT molecular complexity index is 423. The van der Waals surface area contributed by atoms with Crippen molar-refractivity contribution in [2.45, 2.75) is 37.5 Å². The van der Waals surface area contributed by atoms with Crippen LogP contribution in [0.3, 0.4) is 0 Å². The van der Waals surface area contributed by atoms with Crippen LogP contribution in [0.5, 0.6) is 5.88 Å². The summed E-state index contributed by atoms with van der Waals surface area (Å²) < 4.78 is 10.8. The first-order chi connectivity index (χ1) is 9.19. The third-order valence-electron chi connectivity index (χ3n) is 3.84. The second kappa shape index (κ2) is 5.07. The molecule has 3 heterocycles. The maximum absolute atomic E-state index is 10.9. The Kier molecular flexibility index (Phi) is 3.43. The molecule has 5 nitrogen and oxygen atoms in total. The van der Waals surface area contributed by atoms with E-state index in [0.717, 1.165) is 5.56 Å². The van der Waals surface area contributed by atoms with Gasteiger partial charge >= 0.3 is 0 Å². The molecule has 2 aliphatic rings. The minimum atomic E-state index is -0.803. The SMILES string of the molecule is CCOc1ccc(C2(O)CC3COCC(C2)N3)cn1. The second-order valence-corrected chi connectivity index (χ2v) is 5.36. The molecule has 104 valence electrons. The van der Waals surface area contributed by atoms with Gasteiger partial charge in [0, 0.05) is 29.9 Å². The number of rotatable bonds is 3. The number of nitrogens with zero attached hydrogens (tertiary/aromatic N) is 1. The van der Waals surface area contributed by atoms with Crippen LogP contribution in [-0.2, 0) is 10.3 Å². The molecular formula is C14H20N2O3. The lowest BCUT2D eigenvalue weighted by molar-refractivity contribution is -0.0804. The molecule has 2 saturated heterocycles. The second-order valence-electron chi connectivity index (χ2n) is 5.36. The van der Waals surface area contributed by atoms with Gasteiger partial charge in [0.05, 0.1) is 25.4 Å². The van der Waals surface area contributed by atoms with Gasteiger partial charge in [-0.05, 0) is 25.8 Å². The molecule has 1 aromatic heterocycles. The van der Waals surface area contributed by atoms with Gasteiger partial charge in [0.2, 0.25) is 5.88 Å². The molecule has 5 heteroatoms. The van der Waals surface area contributed by atoms with Crippen LogP contribution in [0, 0.1) is 0 Å². The zero-order valence-electron chi connectivity index (χ0n) is 11.1. The van der Waals surface area contributed by atoms with Crippen molar-refractivity contribution < 1.29 is 14.6 Å². The van der Waals surface area contributed by atoms with Crippen molar-refractivity contribution >= 4 is 0 Å². The van der Waals surface area contributed by atoms with Crippen molar-refractivity contribution in [3.8, 4) is 5.88 Å². The van der Waals surface area contributed by atoms with Crippen molar-refractivity contribution in [1.82, 2.24) is 10.3 Å². The summed E-state index contributed by atoms with van der Waals surface area (Å²) in [7, 11) is 0. The number of hydrogen-bond acceptors (Lipinski definition) is 5. The van der Waals surface area contributed by atoms with Gasteiger partial charge < -0.3 is 19.9 Å². The molecule has 2 N–H and O–H groups in total. The fraction of sp³-hybridized carbons (Fsp3) is 0.643. The Balaban J connectivity index is 1.79. The van der Waals surface area contributed by atoms with Crippen LogP contribution in [0.25, 0.3) is 0 Å². The molecule has 2 unspecified atom stereocenters. The Hall–Kier alpha value is -1.17. The number of aliphatic hydroxyl groups is 1. The monoisotopic (exact) mass is 264 g/mol. The summed E-state index contributed by atoms with van der Waals surface area (Å²) in [6.07, 6.45) is 3.06. The number of piperidine rings is 1. The quantitative estimate of drug-likeness (QED) is 0.846. The predicted octanol–water partition coefficient (Wildman–Crippen LogP) is 0.819. The van der Waals surface area contributed by atoms with E-state index in [1.807, 2.05) is 19.1 Å². The van der Waals surface area contributed by atoms with E-state index in [9.17, 15) is 5.11 Å². The number of morpholine rings is 1. The van der Waals surface area contributed by atoms with Crippen LogP contribution >= 0.6 is 0 Å². The van der Waals surface area contributed by atoms with Gasteiger partial charge in [-0.1, -0.05) is 0 Å². The lowest BCUT2D eigenvalue weighted by atomic mass is 9.79. The molecule has 0 aliphatic carbocycles. The van der Waals surface area contributed by atoms with Crippen LogP contribution in [0.1, 0.15) is 25.3 Å². The van der Waals surface area contributed by atoms with Crippen LogP contribution in [0.4, 0.5) is 0 Å². The molecule has 0 aromatic carbocycles. The molecule has 2 bridgehead atoms. The van der Waals surface area contributed by atoms with Gasteiger partial charge in [-0.3, -0.25) is 0 Å². The summed E-state index contributed by atoms with van der Waals surface area (Å²) in [5.74, 6) is 0.604. The molecular weight excluding hydrogens is 244 g/mol. The number of hydrogen-bond donors (Lipinski definition) is 2. The number of pyridine rings is 1. The van der Waals surface area contributed by atoms with Gasteiger partial charge in [0.15, 0.2) is 0 Å². The van der Waals surface area contributed by atoms with Crippen molar-refractivity contribution in [2.24, 2.45) is 0 Å². The topological polar surface area (TPSA) is 63.6 Å². The highest BCUT2D eigenvalue weighted by atomic mass is 16.5. The van der Waals surface area contributed by atoms with Gasteiger partial charge in [-0.25, -0.2) is 4.98 Å². The summed E-state index contributed by atoms with van der Waals surface area (Å²) in [6.45, 7) is 3.87. The van der Waals surface area contributed by atoms with Crippen molar-refractivity contribution in [2.75, 3.05) is 19.8 Å². The molecule has 2 atom stereocenters.